The van der Waals surface area contributed by atoms with Crippen LogP contribution in [-0.4, -0.2) is 22.4 Å². The van der Waals surface area contributed by atoms with E-state index in [0.717, 1.165) is 5.56 Å². The number of phenolic OH excluding ortho intramolecular Hbond substituents is 1. The van der Waals surface area contributed by atoms with Crippen molar-refractivity contribution in [2.45, 2.75) is 19.3 Å². The molecule has 0 fully saturated rings. The Kier molecular flexibility index (Phi) is 4.43. The number of nitrogens with zero attached hydrogens (tertiary/aromatic N) is 1. The molecule has 2 aromatic carbocycles. The molecule has 0 bridgehead atoms. The zero-order valence-electron chi connectivity index (χ0n) is 13.0. The summed E-state index contributed by atoms with van der Waals surface area (Å²) in [7, 11) is 2.12. The van der Waals surface area contributed by atoms with Gasteiger partial charge < -0.3 is 17.5 Å². The van der Waals surface area contributed by atoms with Crippen LogP contribution in [-0.2, 0) is 5.41 Å². The average molecular weight is 314 g/mol. The van der Waals surface area contributed by atoms with Crippen LogP contribution in [0.25, 0.3) is 6.08 Å². The lowest BCUT2D eigenvalue weighted by molar-refractivity contribution is -0.401. The van der Waals surface area contributed by atoms with Crippen LogP contribution in [0.3, 0.4) is 0 Å². The average Bonchev–Trinajstić information content (AvgIpc) is 2.67. The van der Waals surface area contributed by atoms with Crippen LogP contribution in [0.1, 0.15) is 25.0 Å². The summed E-state index contributed by atoms with van der Waals surface area (Å²) in [5.74, 6) is 0.297. The van der Waals surface area contributed by atoms with Crippen molar-refractivity contribution in [1.29, 1.82) is 0 Å². The predicted octanol–water partition coefficient (Wildman–Crippen LogP) is 1.12. The van der Waals surface area contributed by atoms with Crippen LogP contribution in [0.5, 0.6) is 5.75 Å². The number of fused-ring (bicyclic) bond motifs is 1. The summed E-state index contributed by atoms with van der Waals surface area (Å²) in [5, 5.41) is 9.34. The van der Waals surface area contributed by atoms with E-state index in [1.165, 1.54) is 17.0 Å². The van der Waals surface area contributed by atoms with Crippen molar-refractivity contribution in [1.82, 2.24) is 0 Å². The molecule has 0 saturated carbocycles. The number of phenols is 1. The molecule has 0 unspecified atom stereocenters. The second-order valence-corrected chi connectivity index (χ2v) is 6.01. The van der Waals surface area contributed by atoms with Crippen molar-refractivity contribution in [3.05, 3.63) is 65.7 Å². The maximum absolute atomic E-state index is 9.34. The fourth-order valence-electron chi connectivity index (χ4n) is 3.06. The summed E-state index contributed by atoms with van der Waals surface area (Å²) in [4.78, 5) is 0. The number of hydrogen-bond donors (Lipinski definition) is 1. The van der Waals surface area contributed by atoms with Gasteiger partial charge in [-0.25, -0.2) is 0 Å². The van der Waals surface area contributed by atoms with E-state index in [4.69, 9.17) is 0 Å². The van der Waals surface area contributed by atoms with Gasteiger partial charge in [0.1, 0.15) is 12.8 Å². The molecule has 0 aromatic heterocycles. The van der Waals surface area contributed by atoms with Crippen LogP contribution < -0.4 is 12.4 Å². The highest BCUT2D eigenvalue weighted by Crippen LogP contribution is 2.39. The quantitative estimate of drug-likeness (QED) is 0.825. The Balaban J connectivity index is 0.00000176. The molecule has 0 atom stereocenters. The van der Waals surface area contributed by atoms with E-state index in [9.17, 15) is 5.11 Å². The summed E-state index contributed by atoms with van der Waals surface area (Å²) < 4.78 is 2.26. The Bertz CT molecular complexity index is 742. The molecule has 114 valence electrons. The van der Waals surface area contributed by atoms with Gasteiger partial charge in [-0.3, -0.25) is 0 Å². The third kappa shape index (κ3) is 2.67. The molecule has 1 aliphatic rings. The summed E-state index contributed by atoms with van der Waals surface area (Å²) in [6.07, 6.45) is 4.27. The minimum absolute atomic E-state index is 0. The maximum Gasteiger partial charge on any atom is 0.209 e. The van der Waals surface area contributed by atoms with E-state index in [1.807, 2.05) is 12.1 Å². The van der Waals surface area contributed by atoms with Crippen molar-refractivity contribution < 1.29 is 22.1 Å². The first-order valence-electron chi connectivity index (χ1n) is 7.18. The second kappa shape index (κ2) is 5.98. The Morgan fingerprint density at radius 1 is 0.955 bits per heavy atom. The van der Waals surface area contributed by atoms with Gasteiger partial charge in [0.2, 0.25) is 5.69 Å². The van der Waals surface area contributed by atoms with Crippen molar-refractivity contribution in [3.8, 4) is 5.75 Å². The van der Waals surface area contributed by atoms with Crippen molar-refractivity contribution in [2.75, 3.05) is 7.05 Å². The molecule has 22 heavy (non-hydrogen) atoms. The Labute approximate surface area is 137 Å². The summed E-state index contributed by atoms with van der Waals surface area (Å²) in [6.45, 7) is 4.51. The van der Waals surface area contributed by atoms with E-state index >= 15 is 0 Å². The summed E-state index contributed by atoms with van der Waals surface area (Å²) in [5.41, 5.74) is 4.99. The van der Waals surface area contributed by atoms with Crippen LogP contribution in [0.2, 0.25) is 0 Å². The molecule has 0 radical (unpaired) electrons. The normalized spacial score (nSPS) is 15.8. The lowest BCUT2D eigenvalue weighted by Crippen LogP contribution is -3.00. The molecule has 1 N–H and O–H groups in total. The van der Waals surface area contributed by atoms with Crippen molar-refractivity contribution in [2.24, 2.45) is 0 Å². The van der Waals surface area contributed by atoms with Gasteiger partial charge in [-0.05, 0) is 37.6 Å². The SMILES string of the molecule is C[N+]1=C(/C=C/c2ccc(O)cc2)C(C)(C)c2ccccc21.[Cl-]. The molecule has 1 heterocycles. The van der Waals surface area contributed by atoms with E-state index in [2.05, 4.69) is 61.9 Å². The molecular weight excluding hydrogens is 294 g/mol. The molecule has 0 saturated heterocycles. The van der Waals surface area contributed by atoms with Gasteiger partial charge in [-0.1, -0.05) is 30.3 Å². The first kappa shape index (κ1) is 16.3. The number of para-hydroxylation sites is 1. The van der Waals surface area contributed by atoms with Gasteiger partial charge in [0.05, 0.1) is 5.41 Å². The van der Waals surface area contributed by atoms with Crippen LogP contribution in [0.4, 0.5) is 5.69 Å². The highest BCUT2D eigenvalue weighted by atomic mass is 35.5. The lowest BCUT2D eigenvalue weighted by Gasteiger charge is -2.15. The van der Waals surface area contributed by atoms with Crippen molar-refractivity contribution in [3.63, 3.8) is 0 Å². The standard InChI is InChI=1S/C19H19NO.ClH/c1-19(2)16-6-4-5-7-17(16)20(3)18(19)13-10-14-8-11-15(21)12-9-14;/h4-13H,1-3H3;1H. The number of allylic oxidation sites excluding steroid dienone is 1. The number of benzene rings is 2. The van der Waals surface area contributed by atoms with E-state index in [0.29, 0.717) is 5.75 Å². The van der Waals surface area contributed by atoms with Crippen LogP contribution in [0, 0.1) is 0 Å². The number of hydrogen-bond acceptors (Lipinski definition) is 1. The van der Waals surface area contributed by atoms with Gasteiger partial charge in [-0.2, -0.15) is 4.58 Å². The van der Waals surface area contributed by atoms with Gasteiger partial charge >= 0.3 is 0 Å². The molecule has 0 spiro atoms. The summed E-state index contributed by atoms with van der Waals surface area (Å²) >= 11 is 0. The second-order valence-electron chi connectivity index (χ2n) is 6.01. The number of rotatable bonds is 2. The predicted molar refractivity (Wildman–Crippen MR) is 87.5 cm³/mol. The van der Waals surface area contributed by atoms with Crippen LogP contribution in [0.15, 0.2) is 54.6 Å². The zero-order chi connectivity index (χ0) is 15.0. The lowest BCUT2D eigenvalue weighted by atomic mass is 9.81. The Morgan fingerprint density at radius 3 is 2.23 bits per heavy atom. The maximum atomic E-state index is 9.34. The number of aromatic hydroxyl groups is 1. The van der Waals surface area contributed by atoms with E-state index < -0.39 is 0 Å². The molecule has 2 aromatic rings. The monoisotopic (exact) mass is 313 g/mol. The molecule has 3 heteroatoms. The minimum Gasteiger partial charge on any atom is -1.00 e. The van der Waals surface area contributed by atoms with Crippen LogP contribution >= 0.6 is 0 Å². The molecule has 3 rings (SSSR count). The fourth-order valence-corrected chi connectivity index (χ4v) is 3.06. The summed E-state index contributed by atoms with van der Waals surface area (Å²) in [6, 6.07) is 15.8. The highest BCUT2D eigenvalue weighted by molar-refractivity contribution is 6.05. The molecule has 0 amide bonds. The molecule has 1 aliphatic heterocycles. The largest absolute Gasteiger partial charge is 1.00 e. The third-order valence-corrected chi connectivity index (χ3v) is 4.27. The topological polar surface area (TPSA) is 23.2 Å². The molecule has 0 aliphatic carbocycles. The minimum atomic E-state index is -0.00123. The Morgan fingerprint density at radius 2 is 1.59 bits per heavy atom. The van der Waals surface area contributed by atoms with Gasteiger partial charge in [0.15, 0.2) is 5.71 Å². The smallest absolute Gasteiger partial charge is 0.209 e. The van der Waals surface area contributed by atoms with Crippen molar-refractivity contribution >= 4 is 17.5 Å². The Hall–Kier alpha value is -2.06. The number of halogens is 1. The van der Waals surface area contributed by atoms with E-state index in [-0.39, 0.29) is 17.8 Å². The highest BCUT2D eigenvalue weighted by Gasteiger charge is 2.42. The third-order valence-electron chi connectivity index (χ3n) is 4.27. The molecule has 2 nitrogen and oxygen atoms in total. The first-order valence-corrected chi connectivity index (χ1v) is 7.18. The first-order chi connectivity index (χ1) is 10.00. The molecular formula is C19H20ClNO. The van der Waals surface area contributed by atoms with Gasteiger partial charge in [0.25, 0.3) is 0 Å². The van der Waals surface area contributed by atoms with E-state index in [1.54, 1.807) is 12.1 Å². The zero-order valence-corrected chi connectivity index (χ0v) is 13.8. The van der Waals surface area contributed by atoms with Gasteiger partial charge in [-0.15, -0.1) is 0 Å². The van der Waals surface area contributed by atoms with Gasteiger partial charge in [0, 0.05) is 17.7 Å². The fraction of sp³-hybridized carbons (Fsp3) is 0.211.